The van der Waals surface area contributed by atoms with Gasteiger partial charge in [0.05, 0.1) is 24.4 Å². The Morgan fingerprint density at radius 2 is 2.09 bits per heavy atom. The van der Waals surface area contributed by atoms with Gasteiger partial charge in [-0.15, -0.1) is 0 Å². The molecule has 0 aliphatic carbocycles. The van der Waals surface area contributed by atoms with Crippen LogP contribution in [-0.2, 0) is 0 Å². The van der Waals surface area contributed by atoms with Crippen molar-refractivity contribution in [2.75, 3.05) is 25.5 Å². The van der Waals surface area contributed by atoms with Gasteiger partial charge in [-0.1, -0.05) is 0 Å². The predicted molar refractivity (Wildman–Crippen MR) is 128 cm³/mol. The molecule has 33 heavy (non-hydrogen) atoms. The van der Waals surface area contributed by atoms with Crippen LogP contribution >= 0.6 is 0 Å². The number of nitrogens with zero attached hydrogens (tertiary/aromatic N) is 4. The van der Waals surface area contributed by atoms with Gasteiger partial charge in [-0.05, 0) is 61.9 Å². The third-order valence-electron chi connectivity index (χ3n) is 6.07. The zero-order valence-electron chi connectivity index (χ0n) is 18.3. The van der Waals surface area contributed by atoms with Crippen LogP contribution in [0, 0.1) is 0 Å². The monoisotopic (exact) mass is 440 g/mol. The summed E-state index contributed by atoms with van der Waals surface area (Å²) in [5.41, 5.74) is 3.60. The number of imidazole rings is 1. The van der Waals surface area contributed by atoms with Gasteiger partial charge in [-0.25, -0.2) is 9.97 Å². The first-order chi connectivity index (χ1) is 16.3. The summed E-state index contributed by atoms with van der Waals surface area (Å²) in [5.74, 6) is 2.92. The fraction of sp³-hybridized carbons (Fsp3) is 0.240. The molecule has 1 fully saturated rings. The van der Waals surface area contributed by atoms with Gasteiger partial charge in [-0.3, -0.25) is 4.57 Å². The van der Waals surface area contributed by atoms with Crippen LogP contribution in [0.2, 0.25) is 0 Å². The van der Waals surface area contributed by atoms with Crippen molar-refractivity contribution in [1.29, 1.82) is 0 Å². The SMILES string of the molecule is COc1ccc2nc(-c3ccc4occc4c3)n(-c3ccnc(NC4CCCNC4)n3)c2c1. The van der Waals surface area contributed by atoms with E-state index >= 15 is 0 Å². The van der Waals surface area contributed by atoms with Gasteiger partial charge in [0.2, 0.25) is 5.95 Å². The third kappa shape index (κ3) is 3.68. The van der Waals surface area contributed by atoms with Crippen LogP contribution in [0.3, 0.4) is 0 Å². The minimum Gasteiger partial charge on any atom is -0.497 e. The molecular weight excluding hydrogens is 416 g/mol. The summed E-state index contributed by atoms with van der Waals surface area (Å²) in [5, 5.41) is 7.93. The smallest absolute Gasteiger partial charge is 0.224 e. The Labute approximate surface area is 190 Å². The molecule has 1 aliphatic heterocycles. The molecule has 6 rings (SSSR count). The summed E-state index contributed by atoms with van der Waals surface area (Å²) in [7, 11) is 1.67. The molecule has 166 valence electrons. The summed E-state index contributed by atoms with van der Waals surface area (Å²) in [6.45, 7) is 1.97. The molecule has 0 saturated carbocycles. The number of hydrogen-bond donors (Lipinski definition) is 2. The van der Waals surface area contributed by atoms with Gasteiger partial charge >= 0.3 is 0 Å². The van der Waals surface area contributed by atoms with Crippen LogP contribution in [0.15, 0.2) is 65.4 Å². The van der Waals surface area contributed by atoms with E-state index < -0.39 is 0 Å². The number of hydrogen-bond acceptors (Lipinski definition) is 7. The zero-order chi connectivity index (χ0) is 22.2. The Morgan fingerprint density at radius 1 is 1.12 bits per heavy atom. The van der Waals surface area contributed by atoms with Crippen LogP contribution in [0.25, 0.3) is 39.2 Å². The average molecular weight is 441 g/mol. The molecule has 0 bridgehead atoms. The van der Waals surface area contributed by atoms with Gasteiger partial charge in [-0.2, -0.15) is 4.98 Å². The first kappa shape index (κ1) is 19.8. The Hall–Kier alpha value is -3.91. The van der Waals surface area contributed by atoms with Crippen LogP contribution in [0.5, 0.6) is 5.75 Å². The fourth-order valence-electron chi connectivity index (χ4n) is 4.41. The van der Waals surface area contributed by atoms with Crippen molar-refractivity contribution in [3.8, 4) is 23.0 Å². The number of benzene rings is 2. The molecule has 3 aromatic heterocycles. The highest BCUT2D eigenvalue weighted by Gasteiger charge is 2.19. The van der Waals surface area contributed by atoms with Crippen LogP contribution in [0.1, 0.15) is 12.8 Å². The number of methoxy groups -OCH3 is 1. The van der Waals surface area contributed by atoms with Crippen LogP contribution in [0.4, 0.5) is 5.95 Å². The number of fused-ring (bicyclic) bond motifs is 2. The predicted octanol–water partition coefficient (Wildman–Crippen LogP) is 4.40. The van der Waals surface area contributed by atoms with E-state index in [0.717, 1.165) is 70.9 Å². The number of anilines is 1. The quantitative estimate of drug-likeness (QED) is 0.419. The van der Waals surface area contributed by atoms with E-state index in [-0.39, 0.29) is 0 Å². The summed E-state index contributed by atoms with van der Waals surface area (Å²) >= 11 is 0. The maximum absolute atomic E-state index is 5.52. The Bertz CT molecular complexity index is 1430. The van der Waals surface area contributed by atoms with E-state index in [1.807, 2.05) is 42.5 Å². The van der Waals surface area contributed by atoms with Crippen molar-refractivity contribution in [1.82, 2.24) is 24.8 Å². The van der Waals surface area contributed by atoms with Crippen molar-refractivity contribution < 1.29 is 9.15 Å². The minimum atomic E-state index is 0.316. The van der Waals surface area contributed by atoms with E-state index in [1.165, 1.54) is 0 Å². The molecule has 1 aliphatic rings. The normalized spacial score (nSPS) is 16.3. The number of nitrogens with one attached hydrogen (secondary N) is 2. The molecule has 5 aromatic rings. The van der Waals surface area contributed by atoms with E-state index in [9.17, 15) is 0 Å². The lowest BCUT2D eigenvalue weighted by Crippen LogP contribution is -2.38. The maximum Gasteiger partial charge on any atom is 0.224 e. The number of furan rings is 1. The van der Waals surface area contributed by atoms with Crippen LogP contribution < -0.4 is 15.4 Å². The summed E-state index contributed by atoms with van der Waals surface area (Å²) < 4.78 is 13.1. The van der Waals surface area contributed by atoms with Crippen LogP contribution in [-0.4, -0.2) is 45.8 Å². The molecule has 2 N–H and O–H groups in total. The number of aromatic nitrogens is 4. The Balaban J connectivity index is 1.50. The van der Waals surface area contributed by atoms with Crippen molar-refractivity contribution in [2.24, 2.45) is 0 Å². The van der Waals surface area contributed by atoms with Crippen molar-refractivity contribution in [3.63, 3.8) is 0 Å². The van der Waals surface area contributed by atoms with Gasteiger partial charge in [0.15, 0.2) is 0 Å². The lowest BCUT2D eigenvalue weighted by atomic mass is 10.1. The topological polar surface area (TPSA) is 90.0 Å². The fourth-order valence-corrected chi connectivity index (χ4v) is 4.41. The van der Waals surface area contributed by atoms with E-state index in [1.54, 1.807) is 19.6 Å². The highest BCUT2D eigenvalue weighted by Crippen LogP contribution is 2.32. The van der Waals surface area contributed by atoms with Crippen molar-refractivity contribution in [2.45, 2.75) is 18.9 Å². The Kier molecular flexibility index (Phi) is 4.92. The highest BCUT2D eigenvalue weighted by molar-refractivity contribution is 5.87. The Morgan fingerprint density at radius 3 is 2.97 bits per heavy atom. The van der Waals surface area contributed by atoms with Gasteiger partial charge in [0.25, 0.3) is 0 Å². The van der Waals surface area contributed by atoms with Gasteiger partial charge in [0.1, 0.15) is 23.0 Å². The maximum atomic E-state index is 5.52. The molecule has 8 nitrogen and oxygen atoms in total. The summed E-state index contributed by atoms with van der Waals surface area (Å²) in [6.07, 6.45) is 5.73. The summed E-state index contributed by atoms with van der Waals surface area (Å²) in [4.78, 5) is 14.3. The number of ether oxygens (including phenoxy) is 1. The first-order valence-electron chi connectivity index (χ1n) is 11.1. The highest BCUT2D eigenvalue weighted by atomic mass is 16.5. The second-order valence-electron chi connectivity index (χ2n) is 8.22. The van der Waals surface area contributed by atoms with Crippen molar-refractivity contribution >= 4 is 28.0 Å². The minimum absolute atomic E-state index is 0.316. The van der Waals surface area contributed by atoms with Gasteiger partial charge in [0, 0.05) is 35.8 Å². The third-order valence-corrected chi connectivity index (χ3v) is 6.07. The molecule has 2 aromatic carbocycles. The lowest BCUT2D eigenvalue weighted by molar-refractivity contribution is 0.415. The molecule has 4 heterocycles. The average Bonchev–Trinajstić information content (AvgIpc) is 3.48. The molecule has 1 atom stereocenters. The molecule has 0 spiro atoms. The molecule has 8 heteroatoms. The van der Waals surface area contributed by atoms with Crippen molar-refractivity contribution in [3.05, 3.63) is 61.0 Å². The molecule has 0 amide bonds. The molecule has 1 saturated heterocycles. The molecule has 1 unspecified atom stereocenters. The van der Waals surface area contributed by atoms with Gasteiger partial charge < -0.3 is 19.8 Å². The first-order valence-corrected chi connectivity index (χ1v) is 11.1. The zero-order valence-corrected chi connectivity index (χ0v) is 18.3. The molecular formula is C25H24N6O2. The van der Waals surface area contributed by atoms with E-state index in [4.69, 9.17) is 19.1 Å². The van der Waals surface area contributed by atoms with E-state index in [0.29, 0.717) is 12.0 Å². The molecule has 0 radical (unpaired) electrons. The van der Waals surface area contributed by atoms with E-state index in [2.05, 4.69) is 26.3 Å². The lowest BCUT2D eigenvalue weighted by Gasteiger charge is -2.23. The second kappa shape index (κ2) is 8.22. The standard InChI is InChI=1S/C25H24N6O2/c1-32-19-5-6-20-21(14-19)31(24(29-20)17-4-7-22-16(13-17)9-12-33-22)23-8-11-27-25(30-23)28-18-3-2-10-26-15-18/h4-9,11-14,18,26H,2-3,10,15H2,1H3,(H,27,28,30). The largest absolute Gasteiger partial charge is 0.497 e. The number of rotatable bonds is 5. The second-order valence-corrected chi connectivity index (χ2v) is 8.22. The summed E-state index contributed by atoms with van der Waals surface area (Å²) in [6, 6.07) is 16.1. The number of piperidine rings is 1.